The van der Waals surface area contributed by atoms with Crippen molar-refractivity contribution < 1.29 is 19.1 Å². The van der Waals surface area contributed by atoms with E-state index in [1.165, 1.54) is 12.5 Å². The summed E-state index contributed by atoms with van der Waals surface area (Å²) in [5.41, 5.74) is 5.13. The number of carboxylic acid groups (broad SMARTS) is 1. The summed E-state index contributed by atoms with van der Waals surface area (Å²) in [6.45, 7) is 0.899. The maximum Gasteiger partial charge on any atom is 0.335 e. The third-order valence-electron chi connectivity index (χ3n) is 2.71. The number of nitrogens with one attached hydrogen (secondary N) is 1. The van der Waals surface area contributed by atoms with Crippen LogP contribution in [-0.4, -0.2) is 33.1 Å². The summed E-state index contributed by atoms with van der Waals surface area (Å²) in [7, 11) is 0. The van der Waals surface area contributed by atoms with Gasteiger partial charge < -0.3 is 20.7 Å². The topological polar surface area (TPSA) is 110 Å². The third kappa shape index (κ3) is 3.42. The third-order valence-corrected chi connectivity index (χ3v) is 2.71. The van der Waals surface area contributed by atoms with E-state index in [0.29, 0.717) is 13.1 Å². The Balaban J connectivity index is 2.18. The molecule has 0 fully saturated rings. The fourth-order valence-electron chi connectivity index (χ4n) is 1.69. The van der Waals surface area contributed by atoms with Crippen LogP contribution in [0, 0.1) is 5.82 Å². The minimum atomic E-state index is -1.21. The predicted octanol–water partition coefficient (Wildman–Crippen LogP) is 0.931. The number of aromatic carboxylic acids is 1. The Morgan fingerprint density at radius 2 is 2.19 bits per heavy atom. The van der Waals surface area contributed by atoms with E-state index in [9.17, 15) is 14.0 Å². The Morgan fingerprint density at radius 3 is 2.86 bits per heavy atom. The van der Waals surface area contributed by atoms with E-state index < -0.39 is 17.7 Å². The Bertz CT molecular complexity index is 684. The monoisotopic (exact) mass is 292 g/mol. The first-order valence-electron chi connectivity index (χ1n) is 6.07. The van der Waals surface area contributed by atoms with Gasteiger partial charge in [0, 0.05) is 19.3 Å². The average Bonchev–Trinajstić information content (AvgIpc) is 2.90. The zero-order valence-electron chi connectivity index (χ0n) is 10.9. The number of anilines is 1. The Labute approximate surface area is 119 Å². The average molecular weight is 292 g/mol. The first kappa shape index (κ1) is 14.7. The number of amides is 1. The van der Waals surface area contributed by atoms with Crippen molar-refractivity contribution in [3.8, 4) is 0 Å². The van der Waals surface area contributed by atoms with Crippen molar-refractivity contribution in [2.24, 2.45) is 5.73 Å². The number of hydrogen-bond donors (Lipinski definition) is 3. The summed E-state index contributed by atoms with van der Waals surface area (Å²) >= 11 is 0. The van der Waals surface area contributed by atoms with Gasteiger partial charge in [0.15, 0.2) is 0 Å². The van der Waals surface area contributed by atoms with Gasteiger partial charge in [0.25, 0.3) is 5.91 Å². The fourth-order valence-corrected chi connectivity index (χ4v) is 1.69. The molecular weight excluding hydrogens is 279 g/mol. The summed E-state index contributed by atoms with van der Waals surface area (Å²) in [4.78, 5) is 26.6. The van der Waals surface area contributed by atoms with E-state index >= 15 is 0 Å². The predicted molar refractivity (Wildman–Crippen MR) is 72.6 cm³/mol. The molecule has 0 aliphatic rings. The lowest BCUT2D eigenvalue weighted by Crippen LogP contribution is -2.14. The molecule has 21 heavy (non-hydrogen) atoms. The second-order valence-corrected chi connectivity index (χ2v) is 4.24. The summed E-state index contributed by atoms with van der Waals surface area (Å²) in [5, 5.41) is 11.1. The molecule has 0 saturated carbocycles. The zero-order chi connectivity index (χ0) is 15.4. The lowest BCUT2D eigenvalue weighted by atomic mass is 10.2. The molecule has 2 rings (SSSR count). The molecule has 1 heterocycles. The van der Waals surface area contributed by atoms with Gasteiger partial charge in [-0.3, -0.25) is 4.79 Å². The molecular formula is C13H13FN4O3. The molecule has 1 aromatic carbocycles. The van der Waals surface area contributed by atoms with E-state index in [1.54, 1.807) is 4.57 Å². The SMILES string of the molecule is NCCn1cnc(C(=O)Nc2cc(C(=O)O)ccc2F)c1. The second kappa shape index (κ2) is 6.14. The Kier molecular flexibility index (Phi) is 4.29. The van der Waals surface area contributed by atoms with Crippen molar-refractivity contribution in [2.75, 3.05) is 11.9 Å². The number of hydrogen-bond acceptors (Lipinski definition) is 4. The van der Waals surface area contributed by atoms with E-state index in [-0.39, 0.29) is 16.9 Å². The van der Waals surface area contributed by atoms with E-state index in [0.717, 1.165) is 18.2 Å². The highest BCUT2D eigenvalue weighted by Gasteiger charge is 2.14. The van der Waals surface area contributed by atoms with Gasteiger partial charge in [0.05, 0.1) is 17.6 Å². The normalized spacial score (nSPS) is 10.4. The van der Waals surface area contributed by atoms with Crippen LogP contribution in [-0.2, 0) is 6.54 Å². The molecule has 0 saturated heterocycles. The van der Waals surface area contributed by atoms with Gasteiger partial charge in [-0.25, -0.2) is 14.2 Å². The standard InChI is InChI=1S/C13H13FN4O3/c14-9-2-1-8(13(20)21)5-10(9)17-12(19)11-6-18(4-3-15)7-16-11/h1-2,5-7H,3-4,15H2,(H,17,19)(H,20,21). The van der Waals surface area contributed by atoms with Gasteiger partial charge >= 0.3 is 5.97 Å². The second-order valence-electron chi connectivity index (χ2n) is 4.24. The number of carbonyl (C=O) groups is 2. The summed E-state index contributed by atoms with van der Waals surface area (Å²) < 4.78 is 15.2. The summed E-state index contributed by atoms with van der Waals surface area (Å²) in [6, 6.07) is 3.14. The summed E-state index contributed by atoms with van der Waals surface area (Å²) in [6.07, 6.45) is 2.91. The molecule has 4 N–H and O–H groups in total. The highest BCUT2D eigenvalue weighted by atomic mass is 19.1. The number of halogens is 1. The first-order chi connectivity index (χ1) is 10.0. The molecule has 7 nitrogen and oxygen atoms in total. The van der Waals surface area contributed by atoms with Crippen LogP contribution in [0.3, 0.4) is 0 Å². The molecule has 2 aromatic rings. The molecule has 0 unspecified atom stereocenters. The zero-order valence-corrected chi connectivity index (χ0v) is 10.9. The van der Waals surface area contributed by atoms with E-state index in [1.807, 2.05) is 0 Å². The van der Waals surface area contributed by atoms with Crippen molar-refractivity contribution in [1.82, 2.24) is 9.55 Å². The molecule has 0 radical (unpaired) electrons. The van der Waals surface area contributed by atoms with Crippen LogP contribution in [0.25, 0.3) is 0 Å². The van der Waals surface area contributed by atoms with Crippen molar-refractivity contribution in [3.63, 3.8) is 0 Å². The number of rotatable bonds is 5. The highest BCUT2D eigenvalue weighted by Crippen LogP contribution is 2.17. The Hall–Kier alpha value is -2.74. The van der Waals surface area contributed by atoms with Gasteiger partial charge in [0.1, 0.15) is 11.5 Å². The molecule has 0 spiro atoms. The van der Waals surface area contributed by atoms with E-state index in [4.69, 9.17) is 10.8 Å². The number of aromatic nitrogens is 2. The van der Waals surface area contributed by atoms with Crippen LogP contribution in [0.2, 0.25) is 0 Å². The molecule has 0 bridgehead atoms. The largest absolute Gasteiger partial charge is 0.478 e. The van der Waals surface area contributed by atoms with E-state index in [2.05, 4.69) is 10.3 Å². The number of imidazole rings is 1. The lowest BCUT2D eigenvalue weighted by molar-refractivity contribution is 0.0696. The summed E-state index contributed by atoms with van der Waals surface area (Å²) in [5.74, 6) is -2.57. The van der Waals surface area contributed by atoms with Crippen LogP contribution in [0.4, 0.5) is 10.1 Å². The van der Waals surface area contributed by atoms with Crippen LogP contribution >= 0.6 is 0 Å². The maximum atomic E-state index is 13.6. The van der Waals surface area contributed by atoms with Gasteiger partial charge in [0.2, 0.25) is 0 Å². The van der Waals surface area contributed by atoms with Crippen molar-refractivity contribution in [2.45, 2.75) is 6.54 Å². The van der Waals surface area contributed by atoms with Gasteiger partial charge in [-0.05, 0) is 18.2 Å². The molecule has 8 heteroatoms. The number of carbonyl (C=O) groups excluding carboxylic acids is 1. The molecule has 0 aliphatic carbocycles. The smallest absolute Gasteiger partial charge is 0.335 e. The molecule has 0 aliphatic heterocycles. The fraction of sp³-hybridized carbons (Fsp3) is 0.154. The molecule has 0 atom stereocenters. The first-order valence-corrected chi connectivity index (χ1v) is 6.07. The molecule has 110 valence electrons. The maximum absolute atomic E-state index is 13.6. The van der Waals surface area contributed by atoms with Crippen molar-refractivity contribution >= 4 is 17.6 Å². The van der Waals surface area contributed by atoms with Crippen molar-refractivity contribution in [1.29, 1.82) is 0 Å². The number of nitrogens with zero attached hydrogens (tertiary/aromatic N) is 2. The van der Waals surface area contributed by atoms with Crippen LogP contribution in [0.5, 0.6) is 0 Å². The minimum absolute atomic E-state index is 0.0866. The quantitative estimate of drug-likeness (QED) is 0.759. The number of benzene rings is 1. The molecule has 1 amide bonds. The van der Waals surface area contributed by atoms with Crippen molar-refractivity contribution in [3.05, 3.63) is 47.8 Å². The van der Waals surface area contributed by atoms with Gasteiger partial charge in [-0.15, -0.1) is 0 Å². The number of nitrogens with two attached hydrogens (primary N) is 1. The van der Waals surface area contributed by atoms with Crippen LogP contribution < -0.4 is 11.1 Å². The molecule has 1 aromatic heterocycles. The van der Waals surface area contributed by atoms with Crippen LogP contribution in [0.15, 0.2) is 30.7 Å². The number of carboxylic acids is 1. The van der Waals surface area contributed by atoms with Crippen LogP contribution in [0.1, 0.15) is 20.8 Å². The minimum Gasteiger partial charge on any atom is -0.478 e. The lowest BCUT2D eigenvalue weighted by Gasteiger charge is -2.05. The van der Waals surface area contributed by atoms with Gasteiger partial charge in [-0.1, -0.05) is 0 Å². The Morgan fingerprint density at radius 1 is 1.43 bits per heavy atom. The highest BCUT2D eigenvalue weighted by molar-refractivity contribution is 6.03. The van der Waals surface area contributed by atoms with Gasteiger partial charge in [-0.2, -0.15) is 0 Å².